The monoisotopic (exact) mass is 484 g/mol. The summed E-state index contributed by atoms with van der Waals surface area (Å²) in [6, 6.07) is 9.04. The van der Waals surface area contributed by atoms with Gasteiger partial charge in [-0.3, -0.25) is 4.79 Å². The van der Waals surface area contributed by atoms with Crippen molar-refractivity contribution < 1.29 is 19.1 Å². The number of nitrogens with zero attached hydrogens (tertiary/aromatic N) is 3. The van der Waals surface area contributed by atoms with E-state index in [0.29, 0.717) is 36.2 Å². The summed E-state index contributed by atoms with van der Waals surface area (Å²) in [7, 11) is 5.12. The number of carbonyl (C=O) groups excluding carboxylic acids is 2. The second-order valence-electron chi connectivity index (χ2n) is 9.69. The normalized spacial score (nSPS) is 14.0. The maximum absolute atomic E-state index is 13.6. The van der Waals surface area contributed by atoms with Crippen molar-refractivity contribution in [1.82, 2.24) is 14.4 Å². The van der Waals surface area contributed by atoms with E-state index in [1.807, 2.05) is 34.8 Å². The Morgan fingerprint density at radius 1 is 1.11 bits per heavy atom. The molecule has 2 aromatic rings. The highest BCUT2D eigenvalue weighted by atomic mass is 16.5. The summed E-state index contributed by atoms with van der Waals surface area (Å²) in [6.07, 6.45) is 7.09. The van der Waals surface area contributed by atoms with Gasteiger partial charge in [0.2, 0.25) is 5.91 Å². The van der Waals surface area contributed by atoms with Crippen molar-refractivity contribution >= 4 is 17.6 Å². The Morgan fingerprint density at radius 3 is 2.46 bits per heavy atom. The van der Waals surface area contributed by atoms with Crippen molar-refractivity contribution in [3.8, 4) is 11.5 Å². The van der Waals surface area contributed by atoms with E-state index in [0.717, 1.165) is 31.4 Å². The maximum atomic E-state index is 13.6. The largest absolute Gasteiger partial charge is 0.497 e. The van der Waals surface area contributed by atoms with Crippen LogP contribution in [0.3, 0.4) is 0 Å². The third-order valence-electron chi connectivity index (χ3n) is 6.57. The number of aromatic nitrogens is 1. The van der Waals surface area contributed by atoms with E-state index >= 15 is 0 Å². The highest BCUT2D eigenvalue weighted by molar-refractivity contribution is 5.94. The molecule has 0 atom stereocenters. The molecule has 1 N–H and O–H groups in total. The van der Waals surface area contributed by atoms with Crippen LogP contribution in [0.25, 0.3) is 0 Å². The number of hydrogen-bond acceptors (Lipinski definition) is 4. The zero-order valence-electron chi connectivity index (χ0n) is 21.8. The molecule has 0 saturated heterocycles. The van der Waals surface area contributed by atoms with Gasteiger partial charge in [-0.15, -0.1) is 0 Å². The lowest BCUT2D eigenvalue weighted by Gasteiger charge is -2.36. The summed E-state index contributed by atoms with van der Waals surface area (Å²) in [5.41, 5.74) is 1.62. The van der Waals surface area contributed by atoms with Gasteiger partial charge in [-0.2, -0.15) is 0 Å². The average Bonchev–Trinajstić information content (AvgIpc) is 3.26. The molecule has 0 spiro atoms. The molecule has 1 saturated carbocycles. The molecule has 8 nitrogen and oxygen atoms in total. The van der Waals surface area contributed by atoms with Crippen molar-refractivity contribution in [3.05, 3.63) is 42.2 Å². The molecule has 8 heteroatoms. The molecule has 0 unspecified atom stereocenters. The van der Waals surface area contributed by atoms with Crippen LogP contribution in [0, 0.1) is 5.92 Å². The number of rotatable bonds is 10. The van der Waals surface area contributed by atoms with E-state index in [9.17, 15) is 9.59 Å². The van der Waals surface area contributed by atoms with Crippen LogP contribution < -0.4 is 14.8 Å². The van der Waals surface area contributed by atoms with E-state index in [1.165, 1.54) is 6.42 Å². The lowest BCUT2D eigenvalue weighted by Crippen LogP contribution is -2.50. The highest BCUT2D eigenvalue weighted by Gasteiger charge is 2.30. The number of methoxy groups -OCH3 is 2. The predicted molar refractivity (Wildman–Crippen MR) is 138 cm³/mol. The summed E-state index contributed by atoms with van der Waals surface area (Å²) < 4.78 is 12.8. The Kier molecular flexibility index (Phi) is 9.46. The molecule has 0 aliphatic heterocycles. The molecule has 1 aromatic carbocycles. The van der Waals surface area contributed by atoms with Crippen molar-refractivity contribution in [2.24, 2.45) is 13.0 Å². The first-order chi connectivity index (χ1) is 16.8. The second kappa shape index (κ2) is 12.5. The van der Waals surface area contributed by atoms with Crippen LogP contribution in [-0.2, 0) is 18.4 Å². The van der Waals surface area contributed by atoms with Gasteiger partial charge in [-0.1, -0.05) is 33.1 Å². The SMILES string of the molecule is COc1ccc(NC(=O)N(CC(=O)N(Cc2cccn2C)CC(C)C)C2CCCCC2)c(OC)c1. The van der Waals surface area contributed by atoms with Gasteiger partial charge in [0.25, 0.3) is 0 Å². The number of ether oxygens (including phenoxy) is 2. The minimum Gasteiger partial charge on any atom is -0.497 e. The standard InChI is InChI=1S/C27H40N4O4/c1-20(2)17-30(18-22-12-9-15-29(22)3)26(32)19-31(21-10-7-6-8-11-21)27(33)28-24-14-13-23(34-4)16-25(24)35-5/h9,12-16,20-21H,6-8,10-11,17-19H2,1-5H3,(H,28,33). The Balaban J connectivity index is 1.81. The fourth-order valence-electron chi connectivity index (χ4n) is 4.65. The summed E-state index contributed by atoms with van der Waals surface area (Å²) in [5.74, 6) is 1.43. The Bertz CT molecular complexity index is 981. The topological polar surface area (TPSA) is 76.0 Å². The molecule has 3 amide bonds. The lowest BCUT2D eigenvalue weighted by atomic mass is 9.94. The number of anilines is 1. The van der Waals surface area contributed by atoms with Crippen LogP contribution in [0.5, 0.6) is 11.5 Å². The first-order valence-corrected chi connectivity index (χ1v) is 12.5. The first kappa shape index (κ1) is 26.4. The number of hydrogen-bond donors (Lipinski definition) is 1. The van der Waals surface area contributed by atoms with Crippen LogP contribution in [0.4, 0.5) is 10.5 Å². The molecule has 0 bridgehead atoms. The summed E-state index contributed by atoms with van der Waals surface area (Å²) >= 11 is 0. The van der Waals surface area contributed by atoms with Gasteiger partial charge in [-0.05, 0) is 43.0 Å². The zero-order chi connectivity index (χ0) is 25.4. The smallest absolute Gasteiger partial charge is 0.322 e. The maximum Gasteiger partial charge on any atom is 0.322 e. The number of benzene rings is 1. The molecule has 1 aliphatic rings. The van der Waals surface area contributed by atoms with Gasteiger partial charge >= 0.3 is 6.03 Å². The third-order valence-corrected chi connectivity index (χ3v) is 6.57. The van der Waals surface area contributed by atoms with Gasteiger partial charge in [0, 0.05) is 37.6 Å². The quantitative estimate of drug-likeness (QED) is 0.521. The Morgan fingerprint density at radius 2 is 1.86 bits per heavy atom. The molecule has 1 fully saturated rings. The molecule has 3 rings (SSSR count). The van der Waals surface area contributed by atoms with E-state index in [1.54, 1.807) is 37.3 Å². The molecule has 1 aromatic heterocycles. The number of nitrogens with one attached hydrogen (secondary N) is 1. The van der Waals surface area contributed by atoms with E-state index in [-0.39, 0.29) is 24.5 Å². The molecule has 1 aliphatic carbocycles. The third kappa shape index (κ3) is 7.16. The highest BCUT2D eigenvalue weighted by Crippen LogP contribution is 2.30. The van der Waals surface area contributed by atoms with Crippen LogP contribution in [-0.4, -0.2) is 59.7 Å². The lowest BCUT2D eigenvalue weighted by molar-refractivity contribution is -0.133. The minimum atomic E-state index is -0.280. The van der Waals surface area contributed by atoms with Crippen molar-refractivity contribution in [2.45, 2.75) is 58.5 Å². The molecule has 192 valence electrons. The van der Waals surface area contributed by atoms with E-state index < -0.39 is 0 Å². The second-order valence-corrected chi connectivity index (χ2v) is 9.69. The number of amides is 3. The molecular formula is C27H40N4O4. The van der Waals surface area contributed by atoms with Gasteiger partial charge in [-0.25, -0.2) is 4.79 Å². The zero-order valence-corrected chi connectivity index (χ0v) is 21.8. The van der Waals surface area contributed by atoms with Crippen LogP contribution in [0.2, 0.25) is 0 Å². The van der Waals surface area contributed by atoms with Crippen LogP contribution in [0.1, 0.15) is 51.6 Å². The number of aryl methyl sites for hydroxylation is 1. The molecule has 35 heavy (non-hydrogen) atoms. The van der Waals surface area contributed by atoms with Crippen molar-refractivity contribution in [1.29, 1.82) is 0 Å². The minimum absolute atomic E-state index is 0.0351. The molecule has 0 radical (unpaired) electrons. The summed E-state index contributed by atoms with van der Waals surface area (Å²) in [5, 5.41) is 2.98. The fourth-order valence-corrected chi connectivity index (χ4v) is 4.65. The van der Waals surface area contributed by atoms with Crippen molar-refractivity contribution in [3.63, 3.8) is 0 Å². The summed E-state index contributed by atoms with van der Waals surface area (Å²) in [6.45, 7) is 5.41. The van der Waals surface area contributed by atoms with Crippen molar-refractivity contribution in [2.75, 3.05) is 32.6 Å². The Hall–Kier alpha value is -3.16. The number of carbonyl (C=O) groups is 2. The van der Waals surface area contributed by atoms with Gasteiger partial charge in [0.15, 0.2) is 0 Å². The number of urea groups is 1. The van der Waals surface area contributed by atoms with E-state index in [2.05, 4.69) is 19.2 Å². The van der Waals surface area contributed by atoms with Crippen LogP contribution in [0.15, 0.2) is 36.5 Å². The van der Waals surface area contributed by atoms with Gasteiger partial charge in [0.05, 0.1) is 26.5 Å². The predicted octanol–water partition coefficient (Wildman–Crippen LogP) is 4.89. The molecule has 1 heterocycles. The van der Waals surface area contributed by atoms with E-state index in [4.69, 9.17) is 9.47 Å². The summed E-state index contributed by atoms with van der Waals surface area (Å²) in [4.78, 5) is 30.7. The van der Waals surface area contributed by atoms with Crippen LogP contribution >= 0.6 is 0 Å². The van der Waals surface area contributed by atoms with Gasteiger partial charge < -0.3 is 29.2 Å². The fraction of sp³-hybridized carbons (Fsp3) is 0.556. The Labute approximate surface area is 209 Å². The average molecular weight is 485 g/mol. The molecular weight excluding hydrogens is 444 g/mol. The van der Waals surface area contributed by atoms with Gasteiger partial charge in [0.1, 0.15) is 18.0 Å². The first-order valence-electron chi connectivity index (χ1n) is 12.5.